The van der Waals surface area contributed by atoms with Crippen LogP contribution in [-0.2, 0) is 9.59 Å². The number of hydrogen-bond acceptors (Lipinski definition) is 2. The van der Waals surface area contributed by atoms with Crippen LogP contribution in [0.2, 0.25) is 0 Å². The molecule has 0 fully saturated rings. The molecule has 2 atom stereocenters. The highest BCUT2D eigenvalue weighted by Gasteiger charge is 2.08. The van der Waals surface area contributed by atoms with Gasteiger partial charge in [0, 0.05) is 12.8 Å². The van der Waals surface area contributed by atoms with E-state index in [0.717, 1.165) is 0 Å². The summed E-state index contributed by atoms with van der Waals surface area (Å²) in [5.41, 5.74) is 0. The fourth-order valence-corrected chi connectivity index (χ4v) is 0.847. The van der Waals surface area contributed by atoms with E-state index >= 15 is 0 Å². The second kappa shape index (κ2) is 11.5. The van der Waals surface area contributed by atoms with Crippen molar-refractivity contribution in [2.75, 3.05) is 0 Å². The number of terminal acetylenes is 2. The number of hydrogen-bond donors (Lipinski definition) is 2. The minimum Gasteiger partial charge on any atom is -0.481 e. The fraction of sp³-hybridized carbons (Fsp3) is 0.571. The Morgan fingerprint density at radius 2 is 1.22 bits per heavy atom. The Labute approximate surface area is 108 Å². The van der Waals surface area contributed by atoms with Gasteiger partial charge in [-0.2, -0.15) is 0 Å². The van der Waals surface area contributed by atoms with Gasteiger partial charge >= 0.3 is 11.9 Å². The number of carboxylic acid groups (broad SMARTS) is 2. The average Bonchev–Trinajstić information content (AvgIpc) is 2.33. The smallest absolute Gasteiger partial charge is 0.306 e. The third-order valence-electron chi connectivity index (χ3n) is 2.29. The lowest BCUT2D eigenvalue weighted by Gasteiger charge is -1.99. The molecule has 0 aromatic rings. The normalized spacial score (nSPS) is 12.0. The zero-order chi connectivity index (χ0) is 14.6. The molecular weight excluding hydrogens is 232 g/mol. The molecule has 2 unspecified atom stereocenters. The molecule has 2 N–H and O–H groups in total. The highest BCUT2D eigenvalue weighted by molar-refractivity contribution is 5.69. The molecule has 0 saturated heterocycles. The standard InChI is InChI=1S/2C7H10O2/c2*1-3-4-5-6(2)7(8)9/h2*1,6H,4-5H2,2H3,(H,8,9). The van der Waals surface area contributed by atoms with Crippen LogP contribution in [0, 0.1) is 36.5 Å². The second-order valence-corrected chi connectivity index (χ2v) is 3.96. The van der Waals surface area contributed by atoms with Crippen LogP contribution in [0.1, 0.15) is 39.5 Å². The minimum atomic E-state index is -0.773. The Morgan fingerprint density at radius 3 is 1.39 bits per heavy atom. The van der Waals surface area contributed by atoms with Gasteiger partial charge in [-0.15, -0.1) is 24.7 Å². The molecule has 4 nitrogen and oxygen atoms in total. The molecule has 0 saturated carbocycles. The second-order valence-electron chi connectivity index (χ2n) is 3.96. The number of carboxylic acids is 2. The molecule has 0 aliphatic carbocycles. The molecule has 0 aliphatic heterocycles. The van der Waals surface area contributed by atoms with Crippen LogP contribution < -0.4 is 0 Å². The van der Waals surface area contributed by atoms with Gasteiger partial charge in [0.1, 0.15) is 0 Å². The number of aliphatic carboxylic acids is 2. The maximum Gasteiger partial charge on any atom is 0.306 e. The topological polar surface area (TPSA) is 74.6 Å². The van der Waals surface area contributed by atoms with Gasteiger partial charge in [-0.25, -0.2) is 0 Å². The predicted molar refractivity (Wildman–Crippen MR) is 69.7 cm³/mol. The monoisotopic (exact) mass is 252 g/mol. The lowest BCUT2D eigenvalue weighted by atomic mass is 10.1. The van der Waals surface area contributed by atoms with Crippen molar-refractivity contribution in [3.8, 4) is 24.7 Å². The maximum atomic E-state index is 10.1. The summed E-state index contributed by atoms with van der Waals surface area (Å²) in [7, 11) is 0. The zero-order valence-corrected chi connectivity index (χ0v) is 10.8. The number of carbonyl (C=O) groups is 2. The lowest BCUT2D eigenvalue weighted by molar-refractivity contribution is -0.142. The van der Waals surface area contributed by atoms with Crippen LogP contribution >= 0.6 is 0 Å². The van der Waals surface area contributed by atoms with Gasteiger partial charge in [-0.1, -0.05) is 13.8 Å². The minimum absolute atomic E-state index is 0.305. The summed E-state index contributed by atoms with van der Waals surface area (Å²) in [5.74, 6) is 2.63. The first kappa shape index (κ1) is 18.4. The van der Waals surface area contributed by atoms with Gasteiger partial charge in [-0.05, 0) is 12.8 Å². The summed E-state index contributed by atoms with van der Waals surface area (Å²) in [6, 6.07) is 0. The molecule has 0 aliphatic rings. The fourth-order valence-electron chi connectivity index (χ4n) is 0.847. The summed E-state index contributed by atoms with van der Waals surface area (Å²) in [5, 5.41) is 16.7. The quantitative estimate of drug-likeness (QED) is 0.711. The van der Waals surface area contributed by atoms with Crippen LogP contribution in [0.5, 0.6) is 0 Å². The van der Waals surface area contributed by atoms with Crippen LogP contribution in [0.15, 0.2) is 0 Å². The first-order valence-electron chi connectivity index (χ1n) is 5.69. The summed E-state index contributed by atoms with van der Waals surface area (Å²) in [6.45, 7) is 3.30. The van der Waals surface area contributed by atoms with Crippen molar-refractivity contribution in [1.82, 2.24) is 0 Å². The summed E-state index contributed by atoms with van der Waals surface area (Å²) in [6.07, 6.45) is 12.1. The Balaban J connectivity index is 0. The van der Waals surface area contributed by atoms with Crippen molar-refractivity contribution in [3.63, 3.8) is 0 Å². The largest absolute Gasteiger partial charge is 0.481 e. The van der Waals surface area contributed by atoms with Crippen LogP contribution in [0.3, 0.4) is 0 Å². The first-order chi connectivity index (χ1) is 8.36. The molecular formula is C14H20O4. The third kappa shape index (κ3) is 12.1. The van der Waals surface area contributed by atoms with Crippen molar-refractivity contribution in [3.05, 3.63) is 0 Å². The zero-order valence-electron chi connectivity index (χ0n) is 10.8. The van der Waals surface area contributed by atoms with E-state index in [1.807, 2.05) is 0 Å². The number of rotatable bonds is 6. The summed E-state index contributed by atoms with van der Waals surface area (Å²) in [4.78, 5) is 20.3. The van der Waals surface area contributed by atoms with Crippen molar-refractivity contribution >= 4 is 11.9 Å². The van der Waals surface area contributed by atoms with Crippen molar-refractivity contribution < 1.29 is 19.8 Å². The Hall–Kier alpha value is -1.94. The molecule has 4 heteroatoms. The van der Waals surface area contributed by atoms with E-state index in [0.29, 0.717) is 25.7 Å². The van der Waals surface area contributed by atoms with Gasteiger partial charge in [0.2, 0.25) is 0 Å². The molecule has 18 heavy (non-hydrogen) atoms. The predicted octanol–water partition coefficient (Wildman–Crippen LogP) is 2.24. The highest BCUT2D eigenvalue weighted by Crippen LogP contribution is 2.03. The van der Waals surface area contributed by atoms with Gasteiger partial charge in [-0.3, -0.25) is 9.59 Å². The molecule has 0 spiro atoms. The Bertz CT molecular complexity index is 299. The van der Waals surface area contributed by atoms with Crippen LogP contribution in [0.25, 0.3) is 0 Å². The molecule has 0 aromatic heterocycles. The Morgan fingerprint density at radius 1 is 0.944 bits per heavy atom. The molecule has 0 amide bonds. The van der Waals surface area contributed by atoms with Gasteiger partial charge < -0.3 is 10.2 Å². The molecule has 0 radical (unpaired) electrons. The third-order valence-corrected chi connectivity index (χ3v) is 2.29. The van der Waals surface area contributed by atoms with E-state index in [9.17, 15) is 9.59 Å². The van der Waals surface area contributed by atoms with Gasteiger partial charge in [0.15, 0.2) is 0 Å². The molecule has 0 heterocycles. The van der Waals surface area contributed by atoms with Crippen molar-refractivity contribution in [1.29, 1.82) is 0 Å². The molecule has 100 valence electrons. The van der Waals surface area contributed by atoms with Gasteiger partial charge in [0.05, 0.1) is 11.8 Å². The van der Waals surface area contributed by atoms with Gasteiger partial charge in [0.25, 0.3) is 0 Å². The average molecular weight is 252 g/mol. The van der Waals surface area contributed by atoms with E-state index in [2.05, 4.69) is 11.8 Å². The first-order valence-corrected chi connectivity index (χ1v) is 5.69. The molecule has 0 bridgehead atoms. The van der Waals surface area contributed by atoms with E-state index in [1.165, 1.54) is 0 Å². The summed E-state index contributed by atoms with van der Waals surface area (Å²) >= 11 is 0. The highest BCUT2D eigenvalue weighted by atomic mass is 16.4. The summed E-state index contributed by atoms with van der Waals surface area (Å²) < 4.78 is 0. The van der Waals surface area contributed by atoms with E-state index in [-0.39, 0.29) is 11.8 Å². The van der Waals surface area contributed by atoms with Crippen LogP contribution in [-0.4, -0.2) is 22.2 Å². The van der Waals surface area contributed by atoms with Crippen LogP contribution in [0.4, 0.5) is 0 Å². The van der Waals surface area contributed by atoms with E-state index in [4.69, 9.17) is 23.1 Å². The molecule has 0 rings (SSSR count). The molecule has 0 aromatic carbocycles. The van der Waals surface area contributed by atoms with Crippen molar-refractivity contribution in [2.24, 2.45) is 11.8 Å². The van der Waals surface area contributed by atoms with E-state index in [1.54, 1.807) is 13.8 Å². The van der Waals surface area contributed by atoms with E-state index < -0.39 is 11.9 Å². The lowest BCUT2D eigenvalue weighted by Crippen LogP contribution is -2.08. The van der Waals surface area contributed by atoms with Crippen molar-refractivity contribution in [2.45, 2.75) is 39.5 Å². The Kier molecular flexibility index (Phi) is 11.8. The SMILES string of the molecule is C#CCCC(C)C(=O)O.C#CCCC(C)C(=O)O. The maximum absolute atomic E-state index is 10.1.